The highest BCUT2D eigenvalue weighted by molar-refractivity contribution is 5.83. The molecule has 2 aromatic carbocycles. The van der Waals surface area contributed by atoms with Gasteiger partial charge in [-0.1, -0.05) is 24.3 Å². The number of halogens is 1. The summed E-state index contributed by atoms with van der Waals surface area (Å²) in [7, 11) is 0. The van der Waals surface area contributed by atoms with Crippen molar-refractivity contribution < 1.29 is 4.39 Å². The monoisotopic (exact) mass is 308 g/mol. The summed E-state index contributed by atoms with van der Waals surface area (Å²) in [5.41, 5.74) is 10.3. The van der Waals surface area contributed by atoms with Crippen molar-refractivity contribution in [2.45, 2.75) is 13.8 Å². The molecule has 0 saturated heterocycles. The molecule has 1 aromatic heterocycles. The van der Waals surface area contributed by atoms with E-state index in [1.54, 1.807) is 24.5 Å². The van der Waals surface area contributed by atoms with Gasteiger partial charge in [0, 0.05) is 0 Å². The van der Waals surface area contributed by atoms with Gasteiger partial charge in [0.05, 0.1) is 18.1 Å². The third-order valence-electron chi connectivity index (χ3n) is 3.56. The number of nitrogens with zero attached hydrogens (tertiary/aromatic N) is 3. The molecule has 3 aromatic rings. The highest BCUT2D eigenvalue weighted by Gasteiger charge is 2.04. The molecule has 116 valence electrons. The van der Waals surface area contributed by atoms with Gasteiger partial charge in [0.25, 0.3) is 0 Å². The number of hydrogen-bond donors (Lipinski definition) is 1. The van der Waals surface area contributed by atoms with Crippen LogP contribution < -0.4 is 5.73 Å². The summed E-state index contributed by atoms with van der Waals surface area (Å²) in [6.07, 6.45) is 3.46. The molecule has 1 heterocycles. The minimum Gasteiger partial charge on any atom is -0.368 e. The summed E-state index contributed by atoms with van der Waals surface area (Å²) in [4.78, 5) is 4.10. The van der Waals surface area contributed by atoms with Crippen molar-refractivity contribution >= 4 is 12.2 Å². The first-order valence-corrected chi connectivity index (χ1v) is 7.25. The lowest BCUT2D eigenvalue weighted by Gasteiger charge is -2.07. The second kappa shape index (κ2) is 6.04. The first-order valence-electron chi connectivity index (χ1n) is 7.25. The van der Waals surface area contributed by atoms with Gasteiger partial charge < -0.3 is 5.73 Å². The fourth-order valence-electron chi connectivity index (χ4n) is 2.42. The van der Waals surface area contributed by atoms with Crippen LogP contribution in [-0.2, 0) is 0 Å². The van der Waals surface area contributed by atoms with E-state index in [1.807, 2.05) is 38.1 Å². The summed E-state index contributed by atoms with van der Waals surface area (Å²) in [6, 6.07) is 12.6. The maximum Gasteiger partial charge on any atom is 0.221 e. The van der Waals surface area contributed by atoms with Crippen molar-refractivity contribution in [3.05, 3.63) is 71.3 Å². The number of benzene rings is 2. The Morgan fingerprint density at radius 3 is 2.74 bits per heavy atom. The number of aromatic nitrogens is 2. The highest BCUT2D eigenvalue weighted by Crippen LogP contribution is 2.24. The summed E-state index contributed by atoms with van der Waals surface area (Å²) < 4.78 is 15.0. The van der Waals surface area contributed by atoms with Gasteiger partial charge in [0.15, 0.2) is 0 Å². The van der Waals surface area contributed by atoms with Gasteiger partial charge in [-0.05, 0) is 54.3 Å². The lowest BCUT2D eigenvalue weighted by Crippen LogP contribution is -1.97. The predicted octanol–water partition coefficient (Wildman–Crippen LogP) is 3.77. The number of nitrogen functional groups attached to an aromatic ring is 1. The molecule has 0 amide bonds. The Morgan fingerprint density at radius 1 is 1.17 bits per heavy atom. The van der Waals surface area contributed by atoms with Crippen molar-refractivity contribution in [1.82, 2.24) is 9.66 Å². The summed E-state index contributed by atoms with van der Waals surface area (Å²) in [6.45, 7) is 3.82. The molecular formula is C18H17FN4. The van der Waals surface area contributed by atoms with Crippen LogP contribution in [0.5, 0.6) is 0 Å². The molecular weight excluding hydrogens is 291 g/mol. The van der Waals surface area contributed by atoms with Crippen LogP contribution in [0.4, 0.5) is 10.3 Å². The molecule has 0 atom stereocenters. The average Bonchev–Trinajstić information content (AvgIpc) is 2.86. The number of rotatable bonds is 3. The maximum atomic E-state index is 13.5. The molecule has 0 unspecified atom stereocenters. The van der Waals surface area contributed by atoms with Crippen LogP contribution in [0.2, 0.25) is 0 Å². The number of aryl methyl sites for hydroxylation is 2. The minimum absolute atomic E-state index is 0.244. The lowest BCUT2D eigenvalue weighted by atomic mass is 9.99. The molecule has 5 heteroatoms. The Kier molecular flexibility index (Phi) is 3.93. The number of nitrogens with two attached hydrogens (primary N) is 1. The van der Waals surface area contributed by atoms with Crippen molar-refractivity contribution in [3.63, 3.8) is 0 Å². The first-order chi connectivity index (χ1) is 11.0. The van der Waals surface area contributed by atoms with E-state index in [0.717, 1.165) is 27.9 Å². The molecule has 0 aliphatic heterocycles. The van der Waals surface area contributed by atoms with Crippen LogP contribution in [0.25, 0.3) is 11.1 Å². The van der Waals surface area contributed by atoms with Gasteiger partial charge in [0.2, 0.25) is 5.95 Å². The Hall–Kier alpha value is -2.95. The zero-order chi connectivity index (χ0) is 16.4. The maximum absolute atomic E-state index is 13.5. The van der Waals surface area contributed by atoms with E-state index < -0.39 is 0 Å². The molecule has 2 N–H and O–H groups in total. The highest BCUT2D eigenvalue weighted by atomic mass is 19.1. The SMILES string of the molecule is Cc1cn(N=Cc2cccc(-c3cc(F)ccc3C)c2)c(N)n1. The van der Waals surface area contributed by atoms with Gasteiger partial charge in [-0.3, -0.25) is 0 Å². The van der Waals surface area contributed by atoms with E-state index in [4.69, 9.17) is 5.73 Å². The molecule has 0 saturated carbocycles. The fourth-order valence-corrected chi connectivity index (χ4v) is 2.42. The number of hydrogen-bond acceptors (Lipinski definition) is 3. The smallest absolute Gasteiger partial charge is 0.221 e. The standard InChI is InChI=1S/C18H17FN4/c1-12-6-7-16(19)9-17(12)15-5-3-4-14(8-15)10-21-23-11-13(2)22-18(23)20/h3-11H,1-2H3,(H2,20,22). The van der Waals surface area contributed by atoms with Gasteiger partial charge in [0.1, 0.15) is 5.82 Å². The zero-order valence-corrected chi connectivity index (χ0v) is 13.0. The van der Waals surface area contributed by atoms with E-state index in [0.29, 0.717) is 5.95 Å². The third kappa shape index (κ3) is 3.29. The Bertz CT molecular complexity index is 880. The largest absolute Gasteiger partial charge is 0.368 e. The van der Waals surface area contributed by atoms with Crippen molar-refractivity contribution in [3.8, 4) is 11.1 Å². The average molecular weight is 308 g/mol. The van der Waals surface area contributed by atoms with Gasteiger partial charge >= 0.3 is 0 Å². The molecule has 3 rings (SSSR count). The third-order valence-corrected chi connectivity index (χ3v) is 3.56. The molecule has 4 nitrogen and oxygen atoms in total. The van der Waals surface area contributed by atoms with Crippen LogP contribution in [0.1, 0.15) is 16.8 Å². The molecule has 0 aliphatic rings. The van der Waals surface area contributed by atoms with Crippen molar-refractivity contribution in [1.29, 1.82) is 0 Å². The van der Waals surface area contributed by atoms with Crippen LogP contribution in [-0.4, -0.2) is 15.9 Å². The van der Waals surface area contributed by atoms with Crippen LogP contribution in [0, 0.1) is 19.7 Å². The Morgan fingerprint density at radius 2 is 2.00 bits per heavy atom. The van der Waals surface area contributed by atoms with Crippen LogP contribution in [0.3, 0.4) is 0 Å². The predicted molar refractivity (Wildman–Crippen MR) is 90.9 cm³/mol. The lowest BCUT2D eigenvalue weighted by molar-refractivity contribution is 0.628. The Labute approximate surface area is 134 Å². The van der Waals surface area contributed by atoms with Gasteiger partial charge in [-0.25, -0.2) is 14.1 Å². The van der Waals surface area contributed by atoms with E-state index in [-0.39, 0.29) is 5.82 Å². The number of anilines is 1. The summed E-state index contributed by atoms with van der Waals surface area (Å²) >= 11 is 0. The zero-order valence-electron chi connectivity index (χ0n) is 13.0. The second-order valence-corrected chi connectivity index (χ2v) is 5.41. The molecule has 0 aliphatic carbocycles. The molecule has 0 radical (unpaired) electrons. The summed E-state index contributed by atoms with van der Waals surface area (Å²) in [5, 5.41) is 4.30. The first kappa shape index (κ1) is 15.0. The molecule has 0 spiro atoms. The van der Waals surface area contributed by atoms with Gasteiger partial charge in [-0.2, -0.15) is 5.10 Å². The molecule has 23 heavy (non-hydrogen) atoms. The van der Waals surface area contributed by atoms with Crippen molar-refractivity contribution in [2.75, 3.05) is 5.73 Å². The fraction of sp³-hybridized carbons (Fsp3) is 0.111. The van der Waals surface area contributed by atoms with Crippen LogP contribution in [0.15, 0.2) is 53.8 Å². The van der Waals surface area contributed by atoms with Crippen molar-refractivity contribution in [2.24, 2.45) is 5.10 Å². The quantitative estimate of drug-likeness (QED) is 0.749. The van der Waals surface area contributed by atoms with E-state index in [2.05, 4.69) is 10.1 Å². The Balaban J connectivity index is 1.94. The molecule has 0 bridgehead atoms. The van der Waals surface area contributed by atoms with E-state index >= 15 is 0 Å². The van der Waals surface area contributed by atoms with E-state index in [1.165, 1.54) is 10.7 Å². The van der Waals surface area contributed by atoms with Gasteiger partial charge in [-0.15, -0.1) is 0 Å². The minimum atomic E-state index is -0.244. The second-order valence-electron chi connectivity index (χ2n) is 5.41. The van der Waals surface area contributed by atoms with E-state index in [9.17, 15) is 4.39 Å². The summed E-state index contributed by atoms with van der Waals surface area (Å²) in [5.74, 6) is 0.0993. The number of imidazole rings is 1. The normalized spacial score (nSPS) is 11.3. The molecule has 0 fully saturated rings. The topological polar surface area (TPSA) is 56.2 Å². The van der Waals surface area contributed by atoms with Crippen LogP contribution >= 0.6 is 0 Å².